The Morgan fingerprint density at radius 1 is 0.946 bits per heavy atom. The van der Waals surface area contributed by atoms with Gasteiger partial charge in [0.1, 0.15) is 5.92 Å². The van der Waals surface area contributed by atoms with Gasteiger partial charge in [0, 0.05) is 0 Å². The fourth-order valence-corrected chi connectivity index (χ4v) is 4.50. The molecule has 9 nitrogen and oxygen atoms in total. The van der Waals surface area contributed by atoms with Crippen molar-refractivity contribution < 1.29 is 28.7 Å². The van der Waals surface area contributed by atoms with E-state index < -0.39 is 53.5 Å². The first kappa shape index (κ1) is 28.1. The minimum atomic E-state index is -1.18. The molecule has 0 radical (unpaired) electrons. The average molecular weight is 548 g/mol. The Kier molecular flexibility index (Phi) is 9.29. The number of carbonyl (C=O) groups is 5. The summed E-state index contributed by atoms with van der Waals surface area (Å²) in [6, 6.07) is 11.5. The van der Waals surface area contributed by atoms with Crippen molar-refractivity contribution in [2.24, 2.45) is 17.8 Å². The molecule has 2 aromatic rings. The normalized spacial score (nSPS) is 18.6. The van der Waals surface area contributed by atoms with Gasteiger partial charge in [0.05, 0.1) is 34.5 Å². The molecule has 2 aromatic carbocycles. The van der Waals surface area contributed by atoms with Crippen molar-refractivity contribution in [3.8, 4) is 5.75 Å². The number of hydrogen-bond acceptors (Lipinski definition) is 6. The zero-order valence-corrected chi connectivity index (χ0v) is 21.9. The molecular weight excluding hydrogens is 521 g/mol. The molecule has 1 fully saturated rings. The number of halogens is 2. The summed E-state index contributed by atoms with van der Waals surface area (Å²) < 4.78 is 5.29. The topological polar surface area (TPSA) is 131 Å². The van der Waals surface area contributed by atoms with Crippen LogP contribution in [0.25, 0.3) is 0 Å². The van der Waals surface area contributed by atoms with E-state index in [0.717, 1.165) is 0 Å². The molecule has 37 heavy (non-hydrogen) atoms. The number of imide groups is 1. The van der Waals surface area contributed by atoms with Crippen LogP contribution in [-0.4, -0.2) is 35.6 Å². The smallest absolute Gasteiger partial charge is 0.407 e. The predicted molar refractivity (Wildman–Crippen MR) is 137 cm³/mol. The van der Waals surface area contributed by atoms with Gasteiger partial charge < -0.3 is 15.4 Å². The summed E-state index contributed by atoms with van der Waals surface area (Å²) >= 11 is 12.2. The zero-order chi connectivity index (χ0) is 27.3. The van der Waals surface area contributed by atoms with Crippen molar-refractivity contribution in [3.05, 3.63) is 64.1 Å². The predicted octanol–water partition coefficient (Wildman–Crippen LogP) is 3.83. The van der Waals surface area contributed by atoms with E-state index in [4.69, 9.17) is 27.9 Å². The Hall–Kier alpha value is -3.43. The third-order valence-corrected chi connectivity index (χ3v) is 6.63. The second kappa shape index (κ2) is 12.2. The maximum absolute atomic E-state index is 13.1. The lowest BCUT2D eigenvalue weighted by molar-refractivity contribution is -0.137. The molecule has 1 unspecified atom stereocenters. The molecule has 0 spiro atoms. The van der Waals surface area contributed by atoms with Gasteiger partial charge in [-0.15, -0.1) is 0 Å². The molecule has 4 amide bonds. The van der Waals surface area contributed by atoms with E-state index in [1.54, 1.807) is 50.2 Å². The van der Waals surface area contributed by atoms with E-state index in [2.05, 4.69) is 16.0 Å². The quantitative estimate of drug-likeness (QED) is 0.323. The zero-order valence-electron chi connectivity index (χ0n) is 20.4. The SMILES string of the molecule is CC(C)[C@H](NC(=O)CC(NC(=O)Oc1c(Cl)cccc1Cl)c1ccccc1)C(=O)[C@@H]1C(=O)NC(=O)[C@H]1C. The number of hydrogen-bond donors (Lipinski definition) is 3. The summed E-state index contributed by atoms with van der Waals surface area (Å²) in [5.41, 5.74) is 0.613. The Bertz CT molecular complexity index is 1180. The largest absolute Gasteiger partial charge is 0.413 e. The fraction of sp³-hybridized carbons (Fsp3) is 0.346. The van der Waals surface area contributed by atoms with Crippen molar-refractivity contribution in [1.82, 2.24) is 16.0 Å². The van der Waals surface area contributed by atoms with E-state index in [1.165, 1.54) is 19.1 Å². The van der Waals surface area contributed by atoms with Gasteiger partial charge in [-0.05, 0) is 23.6 Å². The third kappa shape index (κ3) is 6.87. The first-order valence-corrected chi connectivity index (χ1v) is 12.4. The Morgan fingerprint density at radius 3 is 2.11 bits per heavy atom. The van der Waals surface area contributed by atoms with Crippen molar-refractivity contribution in [2.75, 3.05) is 0 Å². The fourth-order valence-electron chi connectivity index (χ4n) is 4.03. The summed E-state index contributed by atoms with van der Waals surface area (Å²) in [5.74, 6) is -4.69. The van der Waals surface area contributed by atoms with E-state index in [1.807, 2.05) is 0 Å². The van der Waals surface area contributed by atoms with Crippen LogP contribution < -0.4 is 20.7 Å². The van der Waals surface area contributed by atoms with Crippen LogP contribution in [0.15, 0.2) is 48.5 Å². The van der Waals surface area contributed by atoms with Crippen LogP contribution in [0.3, 0.4) is 0 Å². The molecular formula is C26H27Cl2N3O6. The highest BCUT2D eigenvalue weighted by atomic mass is 35.5. The molecule has 0 aromatic heterocycles. The van der Waals surface area contributed by atoms with Crippen molar-refractivity contribution in [1.29, 1.82) is 0 Å². The van der Waals surface area contributed by atoms with Gasteiger partial charge >= 0.3 is 6.09 Å². The van der Waals surface area contributed by atoms with Crippen LogP contribution in [0.4, 0.5) is 4.79 Å². The second-order valence-electron chi connectivity index (χ2n) is 9.06. The molecule has 3 N–H and O–H groups in total. The number of amides is 4. The number of para-hydroxylation sites is 1. The van der Waals surface area contributed by atoms with Crippen LogP contribution in [0.2, 0.25) is 10.0 Å². The Morgan fingerprint density at radius 2 is 1.57 bits per heavy atom. The van der Waals surface area contributed by atoms with E-state index in [-0.39, 0.29) is 28.1 Å². The third-order valence-electron chi connectivity index (χ3n) is 6.04. The highest BCUT2D eigenvalue weighted by Crippen LogP contribution is 2.32. The summed E-state index contributed by atoms with van der Waals surface area (Å²) in [5, 5.41) is 7.75. The van der Waals surface area contributed by atoms with Gasteiger partial charge in [-0.2, -0.15) is 0 Å². The number of rotatable bonds is 9. The van der Waals surface area contributed by atoms with Crippen LogP contribution in [0.5, 0.6) is 5.75 Å². The van der Waals surface area contributed by atoms with Crippen molar-refractivity contribution in [2.45, 2.75) is 39.3 Å². The first-order chi connectivity index (χ1) is 17.5. The average Bonchev–Trinajstić information content (AvgIpc) is 3.10. The lowest BCUT2D eigenvalue weighted by Gasteiger charge is -2.26. The molecule has 11 heteroatoms. The van der Waals surface area contributed by atoms with Crippen LogP contribution in [0.1, 0.15) is 38.8 Å². The molecule has 1 aliphatic rings. The number of benzene rings is 2. The lowest BCUT2D eigenvalue weighted by Crippen LogP contribution is -2.49. The number of carbonyl (C=O) groups excluding carboxylic acids is 5. The summed E-state index contributed by atoms with van der Waals surface area (Å²) in [6.07, 6.45) is -1.12. The molecule has 1 aliphatic heterocycles. The lowest BCUT2D eigenvalue weighted by atomic mass is 9.85. The van der Waals surface area contributed by atoms with Crippen LogP contribution >= 0.6 is 23.2 Å². The van der Waals surface area contributed by atoms with E-state index >= 15 is 0 Å². The van der Waals surface area contributed by atoms with Crippen molar-refractivity contribution in [3.63, 3.8) is 0 Å². The Labute approximate surface area is 224 Å². The van der Waals surface area contributed by atoms with Gasteiger partial charge in [-0.3, -0.25) is 24.5 Å². The maximum atomic E-state index is 13.1. The number of Topliss-reactive ketones (excluding diaryl/α,β-unsaturated/α-hetero) is 1. The second-order valence-corrected chi connectivity index (χ2v) is 9.88. The van der Waals surface area contributed by atoms with Crippen LogP contribution in [-0.2, 0) is 19.2 Å². The molecule has 3 rings (SSSR count). The molecule has 0 bridgehead atoms. The number of ether oxygens (including phenoxy) is 1. The summed E-state index contributed by atoms with van der Waals surface area (Å²) in [7, 11) is 0. The van der Waals surface area contributed by atoms with Gasteiger partial charge in [-0.1, -0.05) is 80.4 Å². The number of nitrogens with one attached hydrogen (secondary N) is 3. The summed E-state index contributed by atoms with van der Waals surface area (Å²) in [4.78, 5) is 62.9. The first-order valence-electron chi connectivity index (χ1n) is 11.6. The standard InChI is InChI=1S/C26H27Cl2N3O6/c1-13(2)21(22(33)20-14(3)24(34)31-25(20)35)30-19(32)12-18(15-8-5-4-6-9-15)29-26(36)37-23-16(27)10-7-11-17(23)28/h4-11,13-14,18,20-21H,12H2,1-3H3,(H,29,36)(H,30,32)(H,31,34,35)/t14-,18?,20+,21-/m0/s1. The molecule has 1 heterocycles. The Balaban J connectivity index is 1.75. The summed E-state index contributed by atoms with van der Waals surface area (Å²) in [6.45, 7) is 4.94. The molecule has 0 saturated carbocycles. The number of ketones is 1. The van der Waals surface area contributed by atoms with E-state index in [9.17, 15) is 24.0 Å². The van der Waals surface area contributed by atoms with Gasteiger partial charge in [0.25, 0.3) is 0 Å². The monoisotopic (exact) mass is 547 g/mol. The van der Waals surface area contributed by atoms with Gasteiger partial charge in [0.2, 0.25) is 17.7 Å². The molecule has 1 saturated heterocycles. The molecule has 0 aliphatic carbocycles. The van der Waals surface area contributed by atoms with Gasteiger partial charge in [-0.25, -0.2) is 4.79 Å². The maximum Gasteiger partial charge on any atom is 0.413 e. The van der Waals surface area contributed by atoms with Crippen molar-refractivity contribution >= 4 is 52.8 Å². The molecule has 4 atom stereocenters. The highest BCUT2D eigenvalue weighted by molar-refractivity contribution is 6.37. The molecule has 196 valence electrons. The minimum Gasteiger partial charge on any atom is -0.407 e. The van der Waals surface area contributed by atoms with Gasteiger partial charge in [0.15, 0.2) is 11.5 Å². The van der Waals surface area contributed by atoms with E-state index in [0.29, 0.717) is 5.56 Å². The highest BCUT2D eigenvalue weighted by Gasteiger charge is 2.46. The van der Waals surface area contributed by atoms with Crippen LogP contribution in [0, 0.1) is 17.8 Å². The minimum absolute atomic E-state index is 0.0245.